The number of Topliss-reactive ketones (excluding diaryl/α,β-unsaturated/α-hetero) is 1. The summed E-state index contributed by atoms with van der Waals surface area (Å²) >= 11 is 12.5. The van der Waals surface area contributed by atoms with Crippen LogP contribution in [-0.4, -0.2) is 12.9 Å². The first-order valence-electron chi connectivity index (χ1n) is 7.91. The largest absolute Gasteiger partial charge is 0.496 e. The van der Waals surface area contributed by atoms with Crippen molar-refractivity contribution in [1.82, 2.24) is 0 Å². The molecule has 0 amide bonds. The highest BCUT2D eigenvalue weighted by Crippen LogP contribution is 2.40. The summed E-state index contributed by atoms with van der Waals surface area (Å²) in [6.45, 7) is 1.46. The van der Waals surface area contributed by atoms with Gasteiger partial charge in [-0.25, -0.2) is 0 Å². The van der Waals surface area contributed by atoms with Gasteiger partial charge in [0.2, 0.25) is 0 Å². The van der Waals surface area contributed by atoms with Gasteiger partial charge in [-0.15, -0.1) is 0 Å². The normalized spacial score (nSPS) is 10.5. The fourth-order valence-corrected chi connectivity index (χ4v) is 3.14. The Kier molecular flexibility index (Phi) is 5.50. The monoisotopic (exact) mass is 386 g/mol. The number of benzene rings is 3. The molecule has 3 aromatic carbocycles. The van der Waals surface area contributed by atoms with E-state index in [9.17, 15) is 4.79 Å². The molecule has 26 heavy (non-hydrogen) atoms. The topological polar surface area (TPSA) is 35.5 Å². The second kappa shape index (κ2) is 7.81. The van der Waals surface area contributed by atoms with Gasteiger partial charge < -0.3 is 9.47 Å². The Labute approximate surface area is 162 Å². The molecular formula is C21H16Cl2O3. The zero-order chi connectivity index (χ0) is 18.7. The van der Waals surface area contributed by atoms with Crippen molar-refractivity contribution in [2.45, 2.75) is 6.92 Å². The van der Waals surface area contributed by atoms with E-state index in [4.69, 9.17) is 32.7 Å². The highest BCUT2D eigenvalue weighted by atomic mass is 35.5. The van der Waals surface area contributed by atoms with Crippen LogP contribution in [0.3, 0.4) is 0 Å². The highest BCUT2D eigenvalue weighted by molar-refractivity contribution is 6.37. The third kappa shape index (κ3) is 3.85. The molecule has 0 N–H and O–H groups in total. The van der Waals surface area contributed by atoms with E-state index < -0.39 is 0 Å². The predicted octanol–water partition coefficient (Wildman–Crippen LogP) is 6.66. The molecule has 0 heterocycles. The Balaban J connectivity index is 2.00. The van der Waals surface area contributed by atoms with Crippen molar-refractivity contribution in [3.63, 3.8) is 0 Å². The molecule has 0 atom stereocenters. The molecule has 5 heteroatoms. The van der Waals surface area contributed by atoms with Gasteiger partial charge in [0.25, 0.3) is 0 Å². The van der Waals surface area contributed by atoms with Crippen LogP contribution in [0.25, 0.3) is 11.1 Å². The molecule has 0 unspecified atom stereocenters. The first kappa shape index (κ1) is 18.3. The SMILES string of the molecule is COc1ccc(Oc2c(Cl)cc(C(C)=O)cc2Cl)cc1-c1ccccc1. The molecule has 0 spiro atoms. The second-order valence-corrected chi connectivity index (χ2v) is 6.47. The number of halogens is 2. The maximum absolute atomic E-state index is 11.5. The molecule has 0 radical (unpaired) electrons. The van der Waals surface area contributed by atoms with E-state index in [0.29, 0.717) is 17.1 Å². The van der Waals surface area contributed by atoms with Crippen LogP contribution in [-0.2, 0) is 0 Å². The van der Waals surface area contributed by atoms with Gasteiger partial charge in [-0.1, -0.05) is 53.5 Å². The van der Waals surface area contributed by atoms with Crippen LogP contribution in [0.4, 0.5) is 0 Å². The minimum atomic E-state index is -0.115. The van der Waals surface area contributed by atoms with Crippen LogP contribution in [0, 0.1) is 0 Å². The summed E-state index contributed by atoms with van der Waals surface area (Å²) in [5, 5.41) is 0.555. The van der Waals surface area contributed by atoms with Gasteiger partial charge in [0.15, 0.2) is 11.5 Å². The standard InChI is InChI=1S/C21H16Cl2O3/c1-13(24)15-10-18(22)21(19(23)11-15)26-16-8-9-20(25-2)17(12-16)14-6-4-3-5-7-14/h3-12H,1-2H3. The second-order valence-electron chi connectivity index (χ2n) is 5.66. The molecule has 0 aliphatic heterocycles. The highest BCUT2D eigenvalue weighted by Gasteiger charge is 2.14. The van der Waals surface area contributed by atoms with Crippen molar-refractivity contribution in [2.75, 3.05) is 7.11 Å². The third-order valence-electron chi connectivity index (χ3n) is 3.88. The van der Waals surface area contributed by atoms with E-state index in [-0.39, 0.29) is 15.8 Å². The summed E-state index contributed by atoms with van der Waals surface area (Å²) < 4.78 is 11.4. The van der Waals surface area contributed by atoms with Crippen LogP contribution < -0.4 is 9.47 Å². The lowest BCUT2D eigenvalue weighted by Crippen LogP contribution is -1.95. The van der Waals surface area contributed by atoms with Crippen molar-refractivity contribution in [3.8, 4) is 28.4 Å². The molecule has 0 saturated heterocycles. The molecule has 0 saturated carbocycles. The average molecular weight is 387 g/mol. The maximum Gasteiger partial charge on any atom is 0.164 e. The Bertz CT molecular complexity index is 930. The number of hydrogen-bond donors (Lipinski definition) is 0. The fraction of sp³-hybridized carbons (Fsp3) is 0.0952. The maximum atomic E-state index is 11.5. The Morgan fingerprint density at radius 1 is 0.923 bits per heavy atom. The lowest BCUT2D eigenvalue weighted by molar-refractivity contribution is 0.101. The van der Waals surface area contributed by atoms with Crippen LogP contribution in [0.15, 0.2) is 60.7 Å². The van der Waals surface area contributed by atoms with E-state index in [1.54, 1.807) is 25.3 Å². The number of ketones is 1. The van der Waals surface area contributed by atoms with Crippen molar-refractivity contribution in [1.29, 1.82) is 0 Å². The minimum absolute atomic E-state index is 0.115. The Morgan fingerprint density at radius 3 is 2.15 bits per heavy atom. The Morgan fingerprint density at radius 2 is 1.58 bits per heavy atom. The number of rotatable bonds is 5. The zero-order valence-electron chi connectivity index (χ0n) is 14.3. The van der Waals surface area contributed by atoms with Gasteiger partial charge in [0.05, 0.1) is 17.2 Å². The Hall–Kier alpha value is -2.49. The van der Waals surface area contributed by atoms with Crippen LogP contribution >= 0.6 is 23.2 Å². The number of hydrogen-bond acceptors (Lipinski definition) is 3. The van der Waals surface area contributed by atoms with E-state index >= 15 is 0 Å². The van der Waals surface area contributed by atoms with Gasteiger partial charge in [-0.2, -0.15) is 0 Å². The van der Waals surface area contributed by atoms with Gasteiger partial charge in [-0.05, 0) is 42.8 Å². The van der Waals surface area contributed by atoms with Crippen molar-refractivity contribution in [3.05, 3.63) is 76.3 Å². The third-order valence-corrected chi connectivity index (χ3v) is 4.44. The van der Waals surface area contributed by atoms with Crippen LogP contribution in [0.5, 0.6) is 17.2 Å². The van der Waals surface area contributed by atoms with Crippen molar-refractivity contribution >= 4 is 29.0 Å². The van der Waals surface area contributed by atoms with E-state index in [1.807, 2.05) is 42.5 Å². The molecule has 0 fully saturated rings. The summed E-state index contributed by atoms with van der Waals surface area (Å²) in [6.07, 6.45) is 0. The smallest absolute Gasteiger partial charge is 0.164 e. The molecule has 0 aliphatic rings. The summed E-state index contributed by atoms with van der Waals surface area (Å²) in [5.74, 6) is 1.48. The lowest BCUT2D eigenvalue weighted by atomic mass is 10.0. The molecular weight excluding hydrogens is 371 g/mol. The van der Waals surface area contributed by atoms with E-state index in [0.717, 1.165) is 16.9 Å². The molecule has 0 bridgehead atoms. The molecule has 3 nitrogen and oxygen atoms in total. The first-order chi connectivity index (χ1) is 12.5. The molecule has 3 aromatic rings. The predicted molar refractivity (Wildman–Crippen MR) is 105 cm³/mol. The average Bonchev–Trinajstić information content (AvgIpc) is 2.65. The molecule has 132 valence electrons. The van der Waals surface area contributed by atoms with Crippen molar-refractivity contribution < 1.29 is 14.3 Å². The zero-order valence-corrected chi connectivity index (χ0v) is 15.8. The summed E-state index contributed by atoms with van der Waals surface area (Å²) in [7, 11) is 1.62. The van der Waals surface area contributed by atoms with Gasteiger partial charge in [0.1, 0.15) is 11.5 Å². The van der Waals surface area contributed by atoms with E-state index in [1.165, 1.54) is 6.92 Å². The number of carbonyl (C=O) groups is 1. The lowest BCUT2D eigenvalue weighted by Gasteiger charge is -2.14. The van der Waals surface area contributed by atoms with Gasteiger partial charge in [0, 0.05) is 11.1 Å². The number of carbonyl (C=O) groups excluding carboxylic acids is 1. The first-order valence-corrected chi connectivity index (χ1v) is 8.66. The van der Waals surface area contributed by atoms with E-state index in [2.05, 4.69) is 0 Å². The number of methoxy groups -OCH3 is 1. The van der Waals surface area contributed by atoms with Gasteiger partial charge >= 0.3 is 0 Å². The van der Waals surface area contributed by atoms with Crippen LogP contribution in [0.1, 0.15) is 17.3 Å². The molecule has 3 rings (SSSR count). The van der Waals surface area contributed by atoms with Crippen molar-refractivity contribution in [2.24, 2.45) is 0 Å². The summed E-state index contributed by atoms with van der Waals surface area (Å²) in [4.78, 5) is 11.5. The summed E-state index contributed by atoms with van der Waals surface area (Å²) in [6, 6.07) is 18.4. The fourth-order valence-electron chi connectivity index (χ4n) is 2.57. The minimum Gasteiger partial charge on any atom is -0.496 e. The summed E-state index contributed by atoms with van der Waals surface area (Å²) in [5.41, 5.74) is 2.32. The quantitative estimate of drug-likeness (QED) is 0.459. The van der Waals surface area contributed by atoms with Gasteiger partial charge in [-0.3, -0.25) is 4.79 Å². The number of ether oxygens (including phenoxy) is 2. The van der Waals surface area contributed by atoms with Crippen LogP contribution in [0.2, 0.25) is 10.0 Å². The molecule has 0 aromatic heterocycles. The molecule has 0 aliphatic carbocycles.